The lowest BCUT2D eigenvalue weighted by molar-refractivity contribution is -0.131. The van der Waals surface area contributed by atoms with E-state index in [1.54, 1.807) is 0 Å². The second kappa shape index (κ2) is 7.20. The van der Waals surface area contributed by atoms with Gasteiger partial charge in [-0.3, -0.25) is 4.79 Å². The van der Waals surface area contributed by atoms with E-state index in [2.05, 4.69) is 67.5 Å². The minimum Gasteiger partial charge on any atom is -0.358 e. The van der Waals surface area contributed by atoms with Gasteiger partial charge in [-0.05, 0) is 43.0 Å². The average molecular weight is 361 g/mol. The summed E-state index contributed by atoms with van der Waals surface area (Å²) in [7, 11) is 0. The summed E-state index contributed by atoms with van der Waals surface area (Å²) < 4.78 is 0. The fourth-order valence-corrected chi connectivity index (χ4v) is 4.18. The third-order valence-corrected chi connectivity index (χ3v) is 5.75. The number of aromatic amines is 1. The summed E-state index contributed by atoms with van der Waals surface area (Å²) in [4.78, 5) is 18.6. The number of H-pyrrole nitrogens is 1. The molecule has 1 fully saturated rings. The minimum atomic E-state index is 0.206. The van der Waals surface area contributed by atoms with E-state index < -0.39 is 0 Å². The van der Waals surface area contributed by atoms with Gasteiger partial charge >= 0.3 is 0 Å². The molecule has 0 aliphatic carbocycles. The van der Waals surface area contributed by atoms with Gasteiger partial charge in [0.15, 0.2) is 0 Å². The van der Waals surface area contributed by atoms with Crippen molar-refractivity contribution in [1.29, 1.82) is 0 Å². The number of rotatable bonds is 3. The van der Waals surface area contributed by atoms with Gasteiger partial charge < -0.3 is 15.2 Å². The van der Waals surface area contributed by atoms with Crippen molar-refractivity contribution in [3.05, 3.63) is 70.4 Å². The number of aromatic nitrogens is 1. The third kappa shape index (κ3) is 3.37. The number of nitrogens with zero attached hydrogens (tertiary/aromatic N) is 1. The molecule has 0 radical (unpaired) electrons. The Bertz CT molecular complexity index is 974. The Labute approximate surface area is 160 Å². The molecule has 1 saturated heterocycles. The number of nitrogens with one attached hydrogen (secondary N) is 2. The molecule has 0 saturated carbocycles. The van der Waals surface area contributed by atoms with Gasteiger partial charge in [0.1, 0.15) is 0 Å². The van der Waals surface area contributed by atoms with Crippen molar-refractivity contribution in [3.63, 3.8) is 0 Å². The van der Waals surface area contributed by atoms with Crippen LogP contribution >= 0.6 is 0 Å². The second-order valence-corrected chi connectivity index (χ2v) is 7.61. The highest BCUT2D eigenvalue weighted by molar-refractivity contribution is 5.93. The molecule has 0 bridgehead atoms. The topological polar surface area (TPSA) is 48.1 Å². The number of fused-ring (bicyclic) bond motifs is 1. The Kier molecular flexibility index (Phi) is 4.75. The van der Waals surface area contributed by atoms with Gasteiger partial charge in [-0.15, -0.1) is 0 Å². The molecular weight excluding hydrogens is 334 g/mol. The van der Waals surface area contributed by atoms with Gasteiger partial charge in [0, 0.05) is 42.3 Å². The summed E-state index contributed by atoms with van der Waals surface area (Å²) in [5, 5.41) is 4.75. The standard InChI is InChI=1S/C23H27N3O/c1-15-9-10-16(2)23-22(15)19(17(3)25-23)13-21(27)26-12-11-24-20(14-26)18-7-5-4-6-8-18/h4-10,20,24-25H,11-14H2,1-3H3/t20-/m1/s1. The SMILES string of the molecule is Cc1[nH]c2c(C)ccc(C)c2c1CC(=O)N1CCN[C@@H](c2ccccc2)C1. The molecule has 4 heteroatoms. The van der Waals surface area contributed by atoms with Crippen molar-refractivity contribution in [2.75, 3.05) is 19.6 Å². The van der Waals surface area contributed by atoms with Crippen molar-refractivity contribution in [2.24, 2.45) is 0 Å². The maximum Gasteiger partial charge on any atom is 0.227 e. The molecule has 4 nitrogen and oxygen atoms in total. The first-order valence-corrected chi connectivity index (χ1v) is 9.68. The first-order chi connectivity index (χ1) is 13.0. The molecule has 3 aromatic rings. The predicted molar refractivity (Wildman–Crippen MR) is 110 cm³/mol. The molecule has 1 amide bonds. The van der Waals surface area contributed by atoms with Crippen LogP contribution in [-0.4, -0.2) is 35.4 Å². The predicted octanol–water partition coefficient (Wildman–Crippen LogP) is 3.81. The second-order valence-electron chi connectivity index (χ2n) is 7.61. The molecule has 27 heavy (non-hydrogen) atoms. The van der Waals surface area contributed by atoms with E-state index in [-0.39, 0.29) is 11.9 Å². The van der Waals surface area contributed by atoms with Gasteiger partial charge in [-0.25, -0.2) is 0 Å². The van der Waals surface area contributed by atoms with Crippen LogP contribution < -0.4 is 5.32 Å². The highest BCUT2D eigenvalue weighted by atomic mass is 16.2. The van der Waals surface area contributed by atoms with Gasteiger partial charge in [-0.2, -0.15) is 0 Å². The van der Waals surface area contributed by atoms with Gasteiger partial charge in [-0.1, -0.05) is 42.5 Å². The number of piperazine rings is 1. The molecule has 2 heterocycles. The Morgan fingerprint density at radius 2 is 1.81 bits per heavy atom. The van der Waals surface area contributed by atoms with E-state index in [1.807, 2.05) is 11.0 Å². The van der Waals surface area contributed by atoms with Crippen molar-refractivity contribution in [2.45, 2.75) is 33.2 Å². The number of hydrogen-bond donors (Lipinski definition) is 2. The quantitative estimate of drug-likeness (QED) is 0.745. The van der Waals surface area contributed by atoms with Gasteiger partial charge in [0.25, 0.3) is 0 Å². The smallest absolute Gasteiger partial charge is 0.227 e. The maximum atomic E-state index is 13.1. The number of amides is 1. The molecule has 1 atom stereocenters. The molecule has 2 N–H and O–H groups in total. The van der Waals surface area contributed by atoms with E-state index in [0.29, 0.717) is 6.42 Å². The van der Waals surface area contributed by atoms with Crippen molar-refractivity contribution in [1.82, 2.24) is 15.2 Å². The summed E-state index contributed by atoms with van der Waals surface area (Å²) in [5.74, 6) is 0.210. The largest absolute Gasteiger partial charge is 0.358 e. The lowest BCUT2D eigenvalue weighted by Gasteiger charge is -2.34. The average Bonchev–Trinajstić information content (AvgIpc) is 3.03. The molecule has 140 valence electrons. The van der Waals surface area contributed by atoms with Crippen LogP contribution in [0.5, 0.6) is 0 Å². The Balaban J connectivity index is 1.57. The molecule has 1 aliphatic heterocycles. The number of carbonyl (C=O) groups is 1. The minimum absolute atomic E-state index is 0.206. The Morgan fingerprint density at radius 1 is 1.07 bits per heavy atom. The number of benzene rings is 2. The molecule has 1 aliphatic rings. The molecule has 1 aromatic heterocycles. The van der Waals surface area contributed by atoms with Crippen molar-refractivity contribution >= 4 is 16.8 Å². The van der Waals surface area contributed by atoms with E-state index >= 15 is 0 Å². The summed E-state index contributed by atoms with van der Waals surface area (Å²) in [6.07, 6.45) is 0.456. The zero-order valence-corrected chi connectivity index (χ0v) is 16.3. The Hall–Kier alpha value is -2.59. The van der Waals surface area contributed by atoms with Gasteiger partial charge in [0.05, 0.1) is 6.42 Å². The van der Waals surface area contributed by atoms with E-state index in [0.717, 1.165) is 36.4 Å². The van der Waals surface area contributed by atoms with Gasteiger partial charge in [0.2, 0.25) is 5.91 Å². The molecule has 2 aromatic carbocycles. The van der Waals surface area contributed by atoms with Crippen LogP contribution in [-0.2, 0) is 11.2 Å². The van der Waals surface area contributed by atoms with Crippen LogP contribution in [0.3, 0.4) is 0 Å². The molecule has 4 rings (SSSR count). The Morgan fingerprint density at radius 3 is 2.59 bits per heavy atom. The van der Waals surface area contributed by atoms with Crippen LogP contribution in [0.1, 0.15) is 34.0 Å². The van der Waals surface area contributed by atoms with E-state index in [4.69, 9.17) is 0 Å². The normalized spacial score (nSPS) is 17.4. The molecule has 0 unspecified atom stereocenters. The number of hydrogen-bond acceptors (Lipinski definition) is 2. The van der Waals surface area contributed by atoms with Crippen LogP contribution in [0.2, 0.25) is 0 Å². The van der Waals surface area contributed by atoms with Crippen LogP contribution in [0.15, 0.2) is 42.5 Å². The molecule has 0 spiro atoms. The highest BCUT2D eigenvalue weighted by Crippen LogP contribution is 2.29. The fraction of sp³-hybridized carbons (Fsp3) is 0.348. The summed E-state index contributed by atoms with van der Waals surface area (Å²) in [5.41, 5.74) is 7.10. The third-order valence-electron chi connectivity index (χ3n) is 5.75. The molecular formula is C23H27N3O. The lowest BCUT2D eigenvalue weighted by atomic mass is 10.00. The van der Waals surface area contributed by atoms with Crippen LogP contribution in [0.4, 0.5) is 0 Å². The number of aryl methyl sites for hydroxylation is 3. The fourth-order valence-electron chi connectivity index (χ4n) is 4.18. The highest BCUT2D eigenvalue weighted by Gasteiger charge is 2.25. The zero-order valence-electron chi connectivity index (χ0n) is 16.3. The first-order valence-electron chi connectivity index (χ1n) is 9.68. The van der Waals surface area contributed by atoms with Crippen LogP contribution in [0, 0.1) is 20.8 Å². The zero-order chi connectivity index (χ0) is 19.0. The monoisotopic (exact) mass is 361 g/mol. The van der Waals surface area contributed by atoms with E-state index in [1.165, 1.54) is 22.1 Å². The van der Waals surface area contributed by atoms with Crippen molar-refractivity contribution < 1.29 is 4.79 Å². The summed E-state index contributed by atoms with van der Waals surface area (Å²) >= 11 is 0. The lowest BCUT2D eigenvalue weighted by Crippen LogP contribution is -2.48. The summed E-state index contributed by atoms with van der Waals surface area (Å²) in [6.45, 7) is 8.63. The first kappa shape index (κ1) is 17.8. The summed E-state index contributed by atoms with van der Waals surface area (Å²) in [6, 6.07) is 14.9. The van der Waals surface area contributed by atoms with Crippen LogP contribution in [0.25, 0.3) is 10.9 Å². The van der Waals surface area contributed by atoms with E-state index in [9.17, 15) is 4.79 Å². The van der Waals surface area contributed by atoms with Crippen molar-refractivity contribution in [3.8, 4) is 0 Å². The maximum absolute atomic E-state index is 13.1. The number of carbonyl (C=O) groups excluding carboxylic acids is 1.